The van der Waals surface area contributed by atoms with Gasteiger partial charge in [0.1, 0.15) is 5.75 Å². The number of unbranched alkanes of at least 4 members (excludes halogenated alkanes) is 3. The maximum Gasteiger partial charge on any atom is 0.224 e. The SMILES string of the molecule is O=C(CCCCCCC(=O)Nc1cc(-c2c#cccc2)ccc1O)Nc1cccc(-c2ccccc2)c1. The predicted octanol–water partition coefficient (Wildman–Crippen LogP) is 7.24. The molecule has 4 aromatic carbocycles. The molecule has 0 unspecified atom stereocenters. The van der Waals surface area contributed by atoms with Crippen LogP contribution in [0.1, 0.15) is 38.5 Å². The van der Waals surface area contributed by atoms with Crippen molar-refractivity contribution < 1.29 is 14.7 Å². The molecule has 186 valence electrons. The van der Waals surface area contributed by atoms with E-state index in [0.29, 0.717) is 24.9 Å². The second-order valence-corrected chi connectivity index (χ2v) is 8.90. The molecule has 37 heavy (non-hydrogen) atoms. The highest BCUT2D eigenvalue weighted by atomic mass is 16.3. The second kappa shape index (κ2) is 12.9. The normalized spacial score (nSPS) is 10.4. The summed E-state index contributed by atoms with van der Waals surface area (Å²) in [5, 5.41) is 15.9. The smallest absolute Gasteiger partial charge is 0.224 e. The van der Waals surface area contributed by atoms with Crippen LogP contribution in [0.25, 0.3) is 22.3 Å². The molecular weight excluding hydrogens is 460 g/mol. The molecule has 0 bridgehead atoms. The largest absolute Gasteiger partial charge is 0.506 e. The fourth-order valence-corrected chi connectivity index (χ4v) is 4.09. The maximum absolute atomic E-state index is 12.4. The number of anilines is 2. The van der Waals surface area contributed by atoms with E-state index in [4.69, 9.17) is 0 Å². The Morgan fingerprint density at radius 3 is 2.14 bits per heavy atom. The van der Waals surface area contributed by atoms with E-state index >= 15 is 0 Å². The molecule has 5 heteroatoms. The van der Waals surface area contributed by atoms with Crippen LogP contribution in [0.4, 0.5) is 11.4 Å². The summed E-state index contributed by atoms with van der Waals surface area (Å²) in [6.07, 6.45) is 3.99. The zero-order valence-electron chi connectivity index (χ0n) is 20.7. The third kappa shape index (κ3) is 7.71. The number of aromatic hydroxyl groups is 1. The zero-order valence-corrected chi connectivity index (χ0v) is 20.7. The number of amides is 2. The highest BCUT2D eigenvalue weighted by Gasteiger charge is 2.09. The Bertz CT molecular complexity index is 1320. The van der Waals surface area contributed by atoms with Crippen molar-refractivity contribution >= 4 is 23.2 Å². The van der Waals surface area contributed by atoms with Gasteiger partial charge in [-0.1, -0.05) is 73.5 Å². The number of phenolic OH excluding ortho intramolecular Hbond substituents is 1. The predicted molar refractivity (Wildman–Crippen MR) is 148 cm³/mol. The number of hydrogen-bond acceptors (Lipinski definition) is 3. The van der Waals surface area contributed by atoms with Crippen LogP contribution >= 0.6 is 0 Å². The number of carbonyl (C=O) groups excluding carboxylic acids is 2. The summed E-state index contributed by atoms with van der Waals surface area (Å²) in [5.41, 5.74) is 5.03. The molecular formula is C32H30N2O3. The molecule has 0 aliphatic heterocycles. The van der Waals surface area contributed by atoms with Crippen LogP contribution in [-0.4, -0.2) is 16.9 Å². The molecule has 0 atom stereocenters. The standard InChI is InChI=1S/C32H30N2O3/c35-30-21-20-27(25-14-7-4-8-15-25)23-29(30)34-32(37)19-10-2-1-9-18-31(36)33-28-17-11-16-26(22-28)24-12-5-3-6-13-24/h3-7,11-14,16-17,20-23,35H,1-2,9-10,18-19H2,(H,33,36)(H,34,37). The van der Waals surface area contributed by atoms with Gasteiger partial charge in [0.2, 0.25) is 11.8 Å². The lowest BCUT2D eigenvalue weighted by atomic mass is 10.1. The number of phenols is 1. The minimum Gasteiger partial charge on any atom is -0.506 e. The summed E-state index contributed by atoms with van der Waals surface area (Å²) in [6, 6.07) is 34.4. The molecule has 0 saturated heterocycles. The van der Waals surface area contributed by atoms with Crippen molar-refractivity contribution in [2.75, 3.05) is 10.6 Å². The van der Waals surface area contributed by atoms with Gasteiger partial charge in [-0.3, -0.25) is 9.59 Å². The summed E-state index contributed by atoms with van der Waals surface area (Å²) in [6.45, 7) is 0. The lowest BCUT2D eigenvalue weighted by Gasteiger charge is -2.09. The summed E-state index contributed by atoms with van der Waals surface area (Å²) in [7, 11) is 0. The first kappa shape index (κ1) is 25.5. The Hall–Kier alpha value is -4.56. The molecule has 5 nitrogen and oxygen atoms in total. The van der Waals surface area contributed by atoms with Gasteiger partial charge in [0.15, 0.2) is 0 Å². The topological polar surface area (TPSA) is 78.4 Å². The molecule has 0 spiro atoms. The van der Waals surface area contributed by atoms with Gasteiger partial charge >= 0.3 is 0 Å². The van der Waals surface area contributed by atoms with Crippen LogP contribution < -0.4 is 10.6 Å². The summed E-state index contributed by atoms with van der Waals surface area (Å²) in [4.78, 5) is 24.7. The van der Waals surface area contributed by atoms with E-state index < -0.39 is 0 Å². The van der Waals surface area contributed by atoms with E-state index in [2.05, 4.69) is 22.8 Å². The molecule has 0 aliphatic rings. The molecule has 0 aromatic heterocycles. The molecule has 4 aromatic rings. The Balaban J connectivity index is 1.15. The third-order valence-corrected chi connectivity index (χ3v) is 6.04. The van der Waals surface area contributed by atoms with Gasteiger partial charge in [-0.25, -0.2) is 0 Å². The molecule has 3 N–H and O–H groups in total. The lowest BCUT2D eigenvalue weighted by Crippen LogP contribution is -2.12. The van der Waals surface area contributed by atoms with Crippen LogP contribution in [0.15, 0.2) is 91.0 Å². The number of carbonyl (C=O) groups is 2. The molecule has 0 fully saturated rings. The quantitative estimate of drug-likeness (QED) is 0.153. The van der Waals surface area contributed by atoms with E-state index in [1.807, 2.05) is 66.7 Å². The highest BCUT2D eigenvalue weighted by Crippen LogP contribution is 2.29. The van der Waals surface area contributed by atoms with Crippen LogP contribution in [0.3, 0.4) is 0 Å². The van der Waals surface area contributed by atoms with Gasteiger partial charge in [0.25, 0.3) is 0 Å². The molecule has 0 radical (unpaired) electrons. The van der Waals surface area contributed by atoms with Gasteiger partial charge in [0, 0.05) is 24.1 Å². The zero-order chi connectivity index (χ0) is 25.9. The fourth-order valence-electron chi connectivity index (χ4n) is 4.09. The van der Waals surface area contributed by atoms with Crippen LogP contribution in [-0.2, 0) is 9.59 Å². The number of benzene rings is 3. The fraction of sp³-hybridized carbons (Fsp3) is 0.188. The minimum atomic E-state index is -0.146. The van der Waals surface area contributed by atoms with Gasteiger partial charge in [-0.05, 0) is 72.0 Å². The van der Waals surface area contributed by atoms with Crippen molar-refractivity contribution in [1.29, 1.82) is 0 Å². The second-order valence-electron chi connectivity index (χ2n) is 8.90. The molecule has 0 aliphatic carbocycles. The summed E-state index contributed by atoms with van der Waals surface area (Å²) in [5.74, 6) is -0.129. The first-order chi connectivity index (χ1) is 18.1. The maximum atomic E-state index is 12.4. The first-order valence-electron chi connectivity index (χ1n) is 12.6. The van der Waals surface area contributed by atoms with Crippen molar-refractivity contribution in [2.24, 2.45) is 0 Å². The Morgan fingerprint density at radius 2 is 1.41 bits per heavy atom. The average molecular weight is 491 g/mol. The van der Waals surface area contributed by atoms with Gasteiger partial charge in [0.05, 0.1) is 5.69 Å². The van der Waals surface area contributed by atoms with Gasteiger partial charge in [-0.15, -0.1) is 0 Å². The minimum absolute atomic E-state index is 0.00780. The number of hydrogen-bond donors (Lipinski definition) is 3. The highest BCUT2D eigenvalue weighted by molar-refractivity contribution is 5.93. The van der Waals surface area contributed by atoms with Crippen molar-refractivity contribution in [3.8, 4) is 28.0 Å². The molecule has 4 rings (SSSR count). The van der Waals surface area contributed by atoms with Crippen molar-refractivity contribution in [3.05, 3.63) is 103 Å². The summed E-state index contributed by atoms with van der Waals surface area (Å²) >= 11 is 0. The van der Waals surface area contributed by atoms with E-state index in [1.165, 1.54) is 0 Å². The monoisotopic (exact) mass is 490 g/mol. The number of rotatable bonds is 11. The first-order valence-corrected chi connectivity index (χ1v) is 12.6. The van der Waals surface area contributed by atoms with Crippen LogP contribution in [0, 0.1) is 12.1 Å². The average Bonchev–Trinajstić information content (AvgIpc) is 2.93. The van der Waals surface area contributed by atoms with Crippen LogP contribution in [0.5, 0.6) is 5.75 Å². The molecule has 2 amide bonds. The van der Waals surface area contributed by atoms with E-state index in [0.717, 1.165) is 47.2 Å². The van der Waals surface area contributed by atoms with E-state index in [9.17, 15) is 14.7 Å². The van der Waals surface area contributed by atoms with E-state index in [-0.39, 0.29) is 17.6 Å². The van der Waals surface area contributed by atoms with Crippen molar-refractivity contribution in [1.82, 2.24) is 0 Å². The Labute approximate surface area is 218 Å². The molecule has 0 saturated carbocycles. The third-order valence-electron chi connectivity index (χ3n) is 6.04. The summed E-state index contributed by atoms with van der Waals surface area (Å²) < 4.78 is 0. The van der Waals surface area contributed by atoms with Crippen molar-refractivity contribution in [2.45, 2.75) is 38.5 Å². The van der Waals surface area contributed by atoms with Crippen LogP contribution in [0.2, 0.25) is 0 Å². The Morgan fingerprint density at radius 1 is 0.676 bits per heavy atom. The number of nitrogens with one attached hydrogen (secondary N) is 2. The Kier molecular flexibility index (Phi) is 8.93. The van der Waals surface area contributed by atoms with E-state index in [1.54, 1.807) is 24.3 Å². The van der Waals surface area contributed by atoms with Crippen molar-refractivity contribution in [3.63, 3.8) is 0 Å². The van der Waals surface area contributed by atoms with Gasteiger partial charge < -0.3 is 15.7 Å². The molecule has 0 heterocycles. The van der Waals surface area contributed by atoms with Gasteiger partial charge in [-0.2, -0.15) is 0 Å². The lowest BCUT2D eigenvalue weighted by molar-refractivity contribution is -0.117.